The van der Waals surface area contributed by atoms with Crippen LogP contribution in [0.1, 0.15) is 24.9 Å². The van der Waals surface area contributed by atoms with E-state index in [0.29, 0.717) is 6.42 Å². The number of methoxy groups -OCH3 is 1. The van der Waals surface area contributed by atoms with E-state index in [2.05, 4.69) is 5.32 Å². The van der Waals surface area contributed by atoms with Gasteiger partial charge in [0.2, 0.25) is 5.91 Å². The van der Waals surface area contributed by atoms with Crippen molar-refractivity contribution < 1.29 is 9.53 Å². The standard InChI is InChI=1S/C20H26N2O2S.ClH/c1-14(22-20(23)18(21)12-13-25-3)15-8-10-16(11-9-15)17-6-4-5-7-19(17)24-2;/h4-11,14,18H,12-13,21H2,1-3H3,(H,22,23);1H/t14?,18-;/m0./s1. The SMILES string of the molecule is COc1ccccc1-c1ccc(C(C)NC(=O)[C@@H](N)CCSC)cc1.Cl. The maximum Gasteiger partial charge on any atom is 0.237 e. The quantitative estimate of drug-likeness (QED) is 0.709. The molecule has 2 atom stereocenters. The van der Waals surface area contributed by atoms with Crippen LogP contribution in [-0.2, 0) is 4.79 Å². The van der Waals surface area contributed by atoms with E-state index in [1.807, 2.05) is 61.7 Å². The molecule has 2 rings (SSSR count). The summed E-state index contributed by atoms with van der Waals surface area (Å²) in [6, 6.07) is 15.5. The van der Waals surface area contributed by atoms with Crippen molar-refractivity contribution in [2.45, 2.75) is 25.4 Å². The van der Waals surface area contributed by atoms with Crippen molar-refractivity contribution in [1.82, 2.24) is 5.32 Å². The molecule has 3 N–H and O–H groups in total. The lowest BCUT2D eigenvalue weighted by Gasteiger charge is -2.18. The largest absolute Gasteiger partial charge is 0.496 e. The molecule has 6 heteroatoms. The Kier molecular flexibility index (Phi) is 9.55. The number of thioether (sulfide) groups is 1. The fourth-order valence-electron chi connectivity index (χ4n) is 2.61. The van der Waals surface area contributed by atoms with Crippen molar-refractivity contribution in [3.8, 4) is 16.9 Å². The fraction of sp³-hybridized carbons (Fsp3) is 0.350. The molecule has 142 valence electrons. The number of carbonyl (C=O) groups excluding carboxylic acids is 1. The summed E-state index contributed by atoms with van der Waals surface area (Å²) in [6.45, 7) is 1.97. The van der Waals surface area contributed by atoms with Crippen LogP contribution in [0.4, 0.5) is 0 Å². The third kappa shape index (κ3) is 5.94. The topological polar surface area (TPSA) is 64.3 Å². The van der Waals surface area contributed by atoms with Gasteiger partial charge >= 0.3 is 0 Å². The summed E-state index contributed by atoms with van der Waals surface area (Å²) >= 11 is 1.69. The van der Waals surface area contributed by atoms with Crippen molar-refractivity contribution in [2.75, 3.05) is 19.1 Å². The van der Waals surface area contributed by atoms with Gasteiger partial charge in [-0.3, -0.25) is 4.79 Å². The van der Waals surface area contributed by atoms with E-state index in [4.69, 9.17) is 10.5 Å². The van der Waals surface area contributed by atoms with Gasteiger partial charge in [-0.2, -0.15) is 11.8 Å². The van der Waals surface area contributed by atoms with Gasteiger partial charge in [-0.15, -0.1) is 12.4 Å². The predicted molar refractivity (Wildman–Crippen MR) is 113 cm³/mol. The van der Waals surface area contributed by atoms with Crippen molar-refractivity contribution in [2.24, 2.45) is 5.73 Å². The number of para-hydroxylation sites is 1. The molecule has 1 amide bonds. The second kappa shape index (κ2) is 11.1. The molecule has 0 spiro atoms. The molecule has 2 aromatic carbocycles. The molecule has 0 bridgehead atoms. The summed E-state index contributed by atoms with van der Waals surface area (Å²) in [6.07, 6.45) is 2.70. The van der Waals surface area contributed by atoms with Crippen LogP contribution in [0, 0.1) is 0 Å². The van der Waals surface area contributed by atoms with E-state index in [-0.39, 0.29) is 24.4 Å². The van der Waals surface area contributed by atoms with E-state index < -0.39 is 6.04 Å². The van der Waals surface area contributed by atoms with Crippen molar-refractivity contribution >= 4 is 30.1 Å². The molecule has 2 aromatic rings. The second-order valence-corrected chi connectivity index (χ2v) is 6.93. The maximum atomic E-state index is 12.1. The highest BCUT2D eigenvalue weighted by Gasteiger charge is 2.16. The Hall–Kier alpha value is -1.69. The normalized spacial score (nSPS) is 12.6. The minimum absolute atomic E-state index is 0. The van der Waals surface area contributed by atoms with E-state index in [1.54, 1.807) is 18.9 Å². The molecule has 0 aliphatic carbocycles. The zero-order chi connectivity index (χ0) is 18.2. The van der Waals surface area contributed by atoms with Crippen LogP contribution in [0.2, 0.25) is 0 Å². The highest BCUT2D eigenvalue weighted by Crippen LogP contribution is 2.30. The first-order chi connectivity index (χ1) is 12.1. The fourth-order valence-corrected chi connectivity index (χ4v) is 3.10. The van der Waals surface area contributed by atoms with Crippen molar-refractivity contribution in [3.63, 3.8) is 0 Å². The molecule has 26 heavy (non-hydrogen) atoms. The molecule has 0 aliphatic rings. The molecule has 0 aromatic heterocycles. The van der Waals surface area contributed by atoms with Gasteiger partial charge in [-0.1, -0.05) is 42.5 Å². The summed E-state index contributed by atoms with van der Waals surface area (Å²) in [5, 5.41) is 2.99. The van der Waals surface area contributed by atoms with Crippen LogP contribution in [0.15, 0.2) is 48.5 Å². The highest BCUT2D eigenvalue weighted by molar-refractivity contribution is 7.98. The third-order valence-electron chi connectivity index (χ3n) is 4.16. The molecule has 0 heterocycles. The lowest BCUT2D eigenvalue weighted by Crippen LogP contribution is -2.41. The first-order valence-electron chi connectivity index (χ1n) is 8.35. The number of rotatable bonds is 8. The number of halogens is 1. The molecule has 1 unspecified atom stereocenters. The van der Waals surface area contributed by atoms with Crippen LogP contribution < -0.4 is 15.8 Å². The van der Waals surface area contributed by atoms with E-state index in [9.17, 15) is 4.79 Å². The zero-order valence-corrected chi connectivity index (χ0v) is 17.0. The summed E-state index contributed by atoms with van der Waals surface area (Å²) < 4.78 is 5.42. The van der Waals surface area contributed by atoms with E-state index in [1.165, 1.54) is 0 Å². The number of amides is 1. The molecule has 0 aliphatic heterocycles. The number of ether oxygens (including phenoxy) is 1. The Labute approximate surface area is 166 Å². The van der Waals surface area contributed by atoms with E-state index >= 15 is 0 Å². The average molecular weight is 395 g/mol. The van der Waals surface area contributed by atoms with Crippen molar-refractivity contribution in [3.05, 3.63) is 54.1 Å². The van der Waals surface area contributed by atoms with Gasteiger partial charge in [0.25, 0.3) is 0 Å². The zero-order valence-electron chi connectivity index (χ0n) is 15.4. The molecule has 0 radical (unpaired) electrons. The summed E-state index contributed by atoms with van der Waals surface area (Å²) in [4.78, 5) is 12.1. The van der Waals surface area contributed by atoms with Crippen molar-refractivity contribution in [1.29, 1.82) is 0 Å². The number of nitrogens with one attached hydrogen (secondary N) is 1. The van der Waals surface area contributed by atoms with Gasteiger partial charge in [0.15, 0.2) is 0 Å². The Morgan fingerprint density at radius 3 is 2.46 bits per heavy atom. The van der Waals surface area contributed by atoms with Crippen LogP contribution in [0.5, 0.6) is 5.75 Å². The summed E-state index contributed by atoms with van der Waals surface area (Å²) in [5.41, 5.74) is 9.10. The highest BCUT2D eigenvalue weighted by atomic mass is 35.5. The first kappa shape index (κ1) is 22.4. The molecular weight excluding hydrogens is 368 g/mol. The molecule has 0 fully saturated rings. The van der Waals surface area contributed by atoms with Crippen LogP contribution in [-0.4, -0.2) is 31.1 Å². The predicted octanol–water partition coefficient (Wildman–Crippen LogP) is 4.04. The van der Waals surface area contributed by atoms with Gasteiger partial charge in [0.1, 0.15) is 5.75 Å². The molecule has 0 saturated heterocycles. The summed E-state index contributed by atoms with van der Waals surface area (Å²) in [7, 11) is 1.67. The monoisotopic (exact) mass is 394 g/mol. The lowest BCUT2D eigenvalue weighted by molar-refractivity contribution is -0.123. The van der Waals surface area contributed by atoms with Crippen LogP contribution >= 0.6 is 24.2 Å². The minimum atomic E-state index is -0.456. The number of nitrogens with two attached hydrogens (primary N) is 1. The van der Waals surface area contributed by atoms with E-state index in [0.717, 1.165) is 28.2 Å². The second-order valence-electron chi connectivity index (χ2n) is 5.94. The Morgan fingerprint density at radius 1 is 1.19 bits per heavy atom. The number of carbonyl (C=O) groups is 1. The minimum Gasteiger partial charge on any atom is -0.496 e. The number of hydrogen-bond donors (Lipinski definition) is 2. The smallest absolute Gasteiger partial charge is 0.237 e. The average Bonchev–Trinajstić information content (AvgIpc) is 2.66. The maximum absolute atomic E-state index is 12.1. The third-order valence-corrected chi connectivity index (χ3v) is 4.80. The number of hydrogen-bond acceptors (Lipinski definition) is 4. The van der Waals surface area contributed by atoms with Crippen LogP contribution in [0.25, 0.3) is 11.1 Å². The van der Waals surface area contributed by atoms with Gasteiger partial charge in [0.05, 0.1) is 19.2 Å². The Balaban J connectivity index is 0.00000338. The molecule has 4 nitrogen and oxygen atoms in total. The van der Waals surface area contributed by atoms with Gasteiger partial charge in [-0.05, 0) is 42.5 Å². The van der Waals surface area contributed by atoms with Gasteiger partial charge < -0.3 is 15.8 Å². The molecular formula is C20H27ClN2O2S. The Morgan fingerprint density at radius 2 is 1.85 bits per heavy atom. The van der Waals surface area contributed by atoms with Gasteiger partial charge in [0, 0.05) is 5.56 Å². The Bertz CT molecular complexity index is 694. The molecule has 0 saturated carbocycles. The van der Waals surface area contributed by atoms with Crippen LogP contribution in [0.3, 0.4) is 0 Å². The number of benzene rings is 2. The lowest BCUT2D eigenvalue weighted by atomic mass is 10.0. The summed E-state index contributed by atoms with van der Waals surface area (Å²) in [5.74, 6) is 1.63. The van der Waals surface area contributed by atoms with Gasteiger partial charge in [-0.25, -0.2) is 0 Å². The first-order valence-corrected chi connectivity index (χ1v) is 9.74.